The predicted molar refractivity (Wildman–Crippen MR) is 536 cm³/mol. The van der Waals surface area contributed by atoms with E-state index in [1.807, 2.05) is 21.2 Å². The van der Waals surface area contributed by atoms with E-state index in [0.29, 0.717) is 11.7 Å². The van der Waals surface area contributed by atoms with Crippen LogP contribution in [0, 0.1) is 0 Å². The molecule has 15 heteroatoms. The minimum absolute atomic E-state index is 0.607. The van der Waals surface area contributed by atoms with Gasteiger partial charge in [0, 0.05) is 111 Å². The highest BCUT2D eigenvalue weighted by atomic mass is 28.3. The summed E-state index contributed by atoms with van der Waals surface area (Å²) in [6, 6.07) is 149. The molecule has 12 heterocycles. The van der Waals surface area contributed by atoms with Crippen molar-refractivity contribution in [3.63, 3.8) is 0 Å². The third-order valence-corrected chi connectivity index (χ3v) is 31.6. The van der Waals surface area contributed by atoms with Crippen LogP contribution in [0.3, 0.4) is 0 Å². The van der Waals surface area contributed by atoms with Gasteiger partial charge in [-0.1, -0.05) is 249 Å². The highest BCUT2D eigenvalue weighted by Gasteiger charge is 2.42. The largest absolute Gasteiger partial charge is 0.447 e. The minimum atomic E-state index is -2.77. The van der Waals surface area contributed by atoms with E-state index in [1.54, 1.807) is 25.1 Å². The number of nitrogens with zero attached hydrogens (tertiary/aromatic N) is 10. The summed E-state index contributed by atoms with van der Waals surface area (Å²) in [5.74, 6) is 1.21. The van der Waals surface area contributed by atoms with Gasteiger partial charge in [0.15, 0.2) is 8.07 Å². The molecule has 0 fully saturated rings. The van der Waals surface area contributed by atoms with Crippen LogP contribution < -0.4 is 20.7 Å². The van der Waals surface area contributed by atoms with E-state index >= 15 is 0 Å². The lowest BCUT2D eigenvalue weighted by atomic mass is 10.0. The fourth-order valence-electron chi connectivity index (χ4n) is 21.2. The molecule has 29 aromatic rings. The number of oxazole rings is 2. The van der Waals surface area contributed by atoms with Gasteiger partial charge in [-0.15, -0.1) is 0 Å². The Kier molecular flexibility index (Phi) is 16.4. The van der Waals surface area contributed by atoms with Gasteiger partial charge >= 0.3 is 11.7 Å². The van der Waals surface area contributed by atoms with Crippen LogP contribution in [0.2, 0.25) is 0 Å². The highest BCUT2D eigenvalue weighted by Crippen LogP contribution is 2.43. The number of furan rings is 2. The first-order chi connectivity index (χ1) is 65.0. The van der Waals surface area contributed by atoms with Crippen molar-refractivity contribution in [1.82, 2.24) is 46.2 Å². The Hall–Kier alpha value is -17.7. The van der Waals surface area contributed by atoms with Gasteiger partial charge in [-0.25, -0.2) is 0 Å². The molecule has 0 radical (unpaired) electrons. The Bertz CT molecular complexity index is 9290. The Morgan fingerprint density at radius 1 is 0.183 bits per heavy atom. The molecule has 0 saturated carbocycles. The number of fused-ring (bicyclic) bond motifs is 24. The summed E-state index contributed by atoms with van der Waals surface area (Å²) in [7, 11) is -2.77. The Balaban J connectivity index is 0.000000102. The molecular formula is C116H74N10O4Si. The van der Waals surface area contributed by atoms with Crippen LogP contribution in [0.1, 0.15) is 0 Å². The normalized spacial score (nSPS) is 12.1. The molecule has 14 nitrogen and oxygen atoms in total. The van der Waals surface area contributed by atoms with Crippen LogP contribution in [-0.4, -0.2) is 54.2 Å². The maximum atomic E-state index is 6.05. The summed E-state index contributed by atoms with van der Waals surface area (Å²) in [5, 5.41) is 19.9. The molecule has 29 rings (SSSR count). The monoisotopic (exact) mass is 1700 g/mol. The zero-order chi connectivity index (χ0) is 85.9. The fourth-order valence-corrected chi connectivity index (χ4v) is 25.9. The minimum Gasteiger partial charge on any atom is -0.447 e. The average Bonchev–Trinajstić information content (AvgIpc) is 1.71. The van der Waals surface area contributed by atoms with E-state index in [2.05, 4.69) is 450 Å². The van der Waals surface area contributed by atoms with Crippen molar-refractivity contribution in [2.24, 2.45) is 0 Å². The molecule has 0 amide bonds. The van der Waals surface area contributed by atoms with Crippen molar-refractivity contribution in [3.8, 4) is 45.3 Å². The molecule has 0 bridgehead atoms. The molecule has 0 spiro atoms. The topological polar surface area (TPSA) is 117 Å². The summed E-state index contributed by atoms with van der Waals surface area (Å²) in [6.07, 6.45) is 10.7. The van der Waals surface area contributed by atoms with Gasteiger partial charge in [-0.3, -0.25) is 17.9 Å². The van der Waals surface area contributed by atoms with Crippen LogP contribution in [-0.2, 0) is 0 Å². The molecule has 0 aliphatic rings. The van der Waals surface area contributed by atoms with Crippen molar-refractivity contribution >= 4 is 194 Å². The lowest BCUT2D eigenvalue weighted by Gasteiger charge is -2.34. The number of rotatable bonds is 11. The molecule has 0 aliphatic heterocycles. The van der Waals surface area contributed by atoms with E-state index in [0.717, 1.165) is 101 Å². The lowest BCUT2D eigenvalue weighted by Crippen LogP contribution is -2.74. The molecular weight excluding hydrogens is 1630 g/mol. The standard InChI is InChI=1S/C44H30N2O2Si.C39H24N4O.C33H20N4O/c1-3-11-33(12-4-1)49(34-13-5-2-6-14-34,35-23-19-31(20-24-35)45-41-17-9-7-15-37(41)39-27-29-47-43(39)45)36-25-21-32(22-26-36)46-42-18-10-8-16-38(42)40-28-30-48-44(40)46;1-4-13-34-29(10-1)30-11-2-5-14-35(30)43(34)28-17-19-37-32(24-28)31-12-3-6-15-36(31)42(37)27-9-7-8-25(22-27)26-16-18-38-33(23-26)40-39-41(38)20-21-44-39;1-4-10-28-23(7-1)24-8-2-5-11-29(24)36(28)21-14-16-31-26(19-21)25-9-3-6-12-30(25)37(31)22-13-15-27-32(20-22)35-17-18-38-33(35)34-27/h1-30H;1-24H;1-20H. The van der Waals surface area contributed by atoms with E-state index in [9.17, 15) is 0 Å². The number of imidazole rings is 2. The molecule has 131 heavy (non-hydrogen) atoms. The SMILES string of the molecule is c1cc(-c2ccc3c(c2)nc2occn23)cc(-n2c3ccccc3c3cc(-n4c5ccccc5c5ccccc54)ccc32)c1.c1ccc([Si](c2ccccc2)(c2ccc(-n3c4ccccc4c4ccoc43)cc2)c2ccc(-n3c4ccccc4c4ccoc43)cc2)cc1.c1ccc2c(c1)c1ccccc1n2-c1ccc2c(c1)c1ccccc1n2-c1ccc2nc3occn3c2c1. The van der Waals surface area contributed by atoms with Crippen molar-refractivity contribution in [2.75, 3.05) is 0 Å². The second-order valence-corrected chi connectivity index (χ2v) is 37.5. The predicted octanol–water partition coefficient (Wildman–Crippen LogP) is 26.7. The molecule has 0 unspecified atom stereocenters. The summed E-state index contributed by atoms with van der Waals surface area (Å²) in [6.45, 7) is 0. The summed E-state index contributed by atoms with van der Waals surface area (Å²) in [5.41, 5.74) is 26.4. The van der Waals surface area contributed by atoms with Crippen molar-refractivity contribution in [3.05, 3.63) is 450 Å². The van der Waals surface area contributed by atoms with E-state index in [1.165, 1.54) is 119 Å². The second kappa shape index (κ2) is 29.2. The van der Waals surface area contributed by atoms with Crippen LogP contribution >= 0.6 is 0 Å². The van der Waals surface area contributed by atoms with Crippen LogP contribution in [0.4, 0.5) is 0 Å². The Morgan fingerprint density at radius 3 is 0.939 bits per heavy atom. The van der Waals surface area contributed by atoms with Gasteiger partial charge in [0.05, 0.1) is 89.8 Å². The van der Waals surface area contributed by atoms with Crippen molar-refractivity contribution in [1.29, 1.82) is 0 Å². The van der Waals surface area contributed by atoms with Gasteiger partial charge in [-0.2, -0.15) is 9.97 Å². The first-order valence-electron chi connectivity index (χ1n) is 44.1. The van der Waals surface area contributed by atoms with Crippen LogP contribution in [0.25, 0.3) is 210 Å². The molecule has 616 valence electrons. The Morgan fingerprint density at radius 2 is 0.504 bits per heavy atom. The molecule has 17 aromatic carbocycles. The van der Waals surface area contributed by atoms with Gasteiger partial charge in [0.25, 0.3) is 0 Å². The smallest absolute Gasteiger partial charge is 0.306 e. The molecule has 0 saturated heterocycles. The fraction of sp³-hybridized carbons (Fsp3) is 0. The second-order valence-electron chi connectivity index (χ2n) is 33.7. The zero-order valence-electron chi connectivity index (χ0n) is 70.3. The molecule has 0 aliphatic carbocycles. The maximum Gasteiger partial charge on any atom is 0.306 e. The Labute approximate surface area is 747 Å². The summed E-state index contributed by atoms with van der Waals surface area (Å²) < 4.78 is 41.1. The third-order valence-electron chi connectivity index (χ3n) is 26.8. The van der Waals surface area contributed by atoms with Crippen LogP contribution in [0.15, 0.2) is 468 Å². The molecule has 0 N–H and O–H groups in total. The number of hydrogen-bond donors (Lipinski definition) is 0. The van der Waals surface area contributed by atoms with E-state index in [-0.39, 0.29) is 0 Å². The molecule has 12 aromatic heterocycles. The highest BCUT2D eigenvalue weighted by molar-refractivity contribution is 7.20. The van der Waals surface area contributed by atoms with Gasteiger partial charge in [-0.05, 0) is 196 Å². The van der Waals surface area contributed by atoms with Crippen molar-refractivity contribution < 1.29 is 17.7 Å². The summed E-state index contributed by atoms with van der Waals surface area (Å²) >= 11 is 0. The van der Waals surface area contributed by atoms with Crippen molar-refractivity contribution in [2.45, 2.75) is 0 Å². The third kappa shape index (κ3) is 11.3. The van der Waals surface area contributed by atoms with Gasteiger partial charge < -0.3 is 35.9 Å². The first kappa shape index (κ1) is 73.7. The number of benzene rings is 17. The number of hydrogen-bond acceptors (Lipinski definition) is 6. The summed E-state index contributed by atoms with van der Waals surface area (Å²) in [4.78, 5) is 9.27. The average molecular weight is 1700 g/mol. The van der Waals surface area contributed by atoms with Gasteiger partial charge in [0.1, 0.15) is 12.5 Å². The van der Waals surface area contributed by atoms with Crippen LogP contribution in [0.5, 0.6) is 0 Å². The van der Waals surface area contributed by atoms with Gasteiger partial charge in [0.2, 0.25) is 11.4 Å². The lowest BCUT2D eigenvalue weighted by molar-refractivity contribution is 0.595. The maximum absolute atomic E-state index is 6.05. The van der Waals surface area contributed by atoms with E-state index < -0.39 is 8.07 Å². The first-order valence-corrected chi connectivity index (χ1v) is 46.1. The zero-order valence-corrected chi connectivity index (χ0v) is 71.3. The van der Waals surface area contributed by atoms with E-state index in [4.69, 9.17) is 17.7 Å². The quantitative estimate of drug-likeness (QED) is 0.0941. The number of aromatic nitrogens is 10. The number of para-hydroxylation sites is 8. The molecule has 0 atom stereocenters.